The van der Waals surface area contributed by atoms with Crippen molar-refractivity contribution in [1.82, 2.24) is 0 Å². The van der Waals surface area contributed by atoms with Crippen LogP contribution in [-0.2, 0) is 14.6 Å². The van der Waals surface area contributed by atoms with Gasteiger partial charge < -0.3 is 4.89 Å². The molecular weight excluding hydrogens is 156 g/mol. The van der Waals surface area contributed by atoms with E-state index in [0.29, 0.717) is 5.76 Å². The highest BCUT2D eigenvalue weighted by Gasteiger charge is 2.00. The summed E-state index contributed by atoms with van der Waals surface area (Å²) in [6.07, 6.45) is 2.33. The smallest absolute Gasteiger partial charge is 0.156 e. The molecule has 0 N–H and O–H groups in total. The zero-order chi connectivity index (χ0) is 9.56. The number of hydrogen-bond acceptors (Lipinski definition) is 3. The predicted octanol–water partition coefficient (Wildman–Crippen LogP) is 2.23. The van der Waals surface area contributed by atoms with Crippen LogP contribution >= 0.6 is 0 Å². The number of hydrogen-bond donors (Lipinski definition) is 0. The molecule has 70 valence electrons. The van der Waals surface area contributed by atoms with Gasteiger partial charge >= 0.3 is 0 Å². The van der Waals surface area contributed by atoms with E-state index in [1.807, 2.05) is 13.8 Å². The molecule has 0 aliphatic carbocycles. The quantitative estimate of drug-likeness (QED) is 0.276. The minimum Gasteiger partial charge on any atom is -0.342 e. The van der Waals surface area contributed by atoms with Crippen molar-refractivity contribution in [3.63, 3.8) is 0 Å². The molecule has 0 rings (SSSR count). The number of carbonyl (C=O) groups is 1. The summed E-state index contributed by atoms with van der Waals surface area (Å²) < 4.78 is 0. The van der Waals surface area contributed by atoms with Crippen molar-refractivity contribution in [1.29, 1.82) is 0 Å². The van der Waals surface area contributed by atoms with Gasteiger partial charge in [0.2, 0.25) is 0 Å². The molecule has 1 atom stereocenters. The Morgan fingerprint density at radius 2 is 2.08 bits per heavy atom. The highest BCUT2D eigenvalue weighted by atomic mass is 17.2. The first-order valence-corrected chi connectivity index (χ1v) is 4.08. The molecule has 0 aromatic carbocycles. The first-order chi connectivity index (χ1) is 5.56. The second kappa shape index (κ2) is 5.77. The maximum atomic E-state index is 10.6. The molecule has 1 unspecified atom stereocenters. The lowest BCUT2D eigenvalue weighted by Crippen LogP contribution is -2.06. The van der Waals surface area contributed by atoms with Gasteiger partial charge in [-0.1, -0.05) is 6.92 Å². The highest BCUT2D eigenvalue weighted by molar-refractivity contribution is 5.87. The zero-order valence-corrected chi connectivity index (χ0v) is 8.09. The van der Waals surface area contributed by atoms with E-state index in [1.54, 1.807) is 6.92 Å². The van der Waals surface area contributed by atoms with E-state index in [2.05, 4.69) is 0 Å². The van der Waals surface area contributed by atoms with Crippen LogP contribution in [0.15, 0.2) is 11.8 Å². The fourth-order valence-corrected chi connectivity index (χ4v) is 0.536. The van der Waals surface area contributed by atoms with E-state index in [4.69, 9.17) is 9.78 Å². The normalized spacial score (nSPS) is 14.2. The third-order valence-electron chi connectivity index (χ3n) is 1.33. The molecule has 0 fully saturated rings. The molecule has 3 heteroatoms. The van der Waals surface area contributed by atoms with Crippen LogP contribution in [0.2, 0.25) is 0 Å². The van der Waals surface area contributed by atoms with Gasteiger partial charge in [-0.15, -0.1) is 0 Å². The Bertz CT molecular complexity index is 173. The van der Waals surface area contributed by atoms with Gasteiger partial charge in [-0.3, -0.25) is 4.79 Å². The molecule has 0 aromatic heterocycles. The van der Waals surface area contributed by atoms with Crippen LogP contribution < -0.4 is 0 Å². The molecule has 0 saturated heterocycles. The fourth-order valence-electron chi connectivity index (χ4n) is 0.536. The summed E-state index contributed by atoms with van der Waals surface area (Å²) in [6.45, 7) is 7.05. The molecule has 0 heterocycles. The van der Waals surface area contributed by atoms with Gasteiger partial charge in [0.05, 0.1) is 0 Å². The second-order valence-corrected chi connectivity index (χ2v) is 2.76. The lowest BCUT2D eigenvalue weighted by Gasteiger charge is -2.09. The van der Waals surface area contributed by atoms with Gasteiger partial charge in [-0.05, 0) is 27.2 Å². The monoisotopic (exact) mass is 172 g/mol. The number of rotatable bonds is 5. The van der Waals surface area contributed by atoms with E-state index >= 15 is 0 Å². The van der Waals surface area contributed by atoms with E-state index in [1.165, 1.54) is 13.0 Å². The lowest BCUT2D eigenvalue weighted by atomic mass is 10.3. The number of ketones is 1. The Morgan fingerprint density at radius 3 is 2.50 bits per heavy atom. The fraction of sp³-hybridized carbons (Fsp3) is 0.667. The van der Waals surface area contributed by atoms with Crippen molar-refractivity contribution in [2.45, 2.75) is 40.2 Å². The van der Waals surface area contributed by atoms with Crippen LogP contribution in [-0.4, -0.2) is 11.9 Å². The van der Waals surface area contributed by atoms with E-state index in [0.717, 1.165) is 6.42 Å². The van der Waals surface area contributed by atoms with E-state index < -0.39 is 0 Å². The molecule has 0 amide bonds. The van der Waals surface area contributed by atoms with Crippen molar-refractivity contribution in [3.8, 4) is 0 Å². The maximum Gasteiger partial charge on any atom is 0.156 e. The molecule has 12 heavy (non-hydrogen) atoms. The molecule has 0 aliphatic heterocycles. The van der Waals surface area contributed by atoms with Crippen LogP contribution in [0.3, 0.4) is 0 Å². The first-order valence-electron chi connectivity index (χ1n) is 4.08. The van der Waals surface area contributed by atoms with Crippen LogP contribution in [0, 0.1) is 0 Å². The first kappa shape index (κ1) is 11.2. The second-order valence-electron chi connectivity index (χ2n) is 2.76. The van der Waals surface area contributed by atoms with Crippen LogP contribution in [0.1, 0.15) is 34.1 Å². The molecule has 0 aliphatic rings. The largest absolute Gasteiger partial charge is 0.342 e. The van der Waals surface area contributed by atoms with E-state index in [-0.39, 0.29) is 11.9 Å². The van der Waals surface area contributed by atoms with Crippen molar-refractivity contribution >= 4 is 5.78 Å². The van der Waals surface area contributed by atoms with Gasteiger partial charge in [-0.25, -0.2) is 0 Å². The topological polar surface area (TPSA) is 35.5 Å². The summed E-state index contributed by atoms with van der Waals surface area (Å²) in [5.41, 5.74) is 0. The zero-order valence-electron chi connectivity index (χ0n) is 8.09. The summed E-state index contributed by atoms with van der Waals surface area (Å²) in [7, 11) is 0. The molecule has 0 aromatic rings. The molecular formula is C9H16O3. The standard InChI is InChI=1S/C9H16O3/c1-5-8(3)11-12-9(4)6-7(2)10/h6,8H,5H2,1-4H3/b9-6+. The summed E-state index contributed by atoms with van der Waals surface area (Å²) in [5, 5.41) is 0. The van der Waals surface area contributed by atoms with Gasteiger partial charge in [-0.2, -0.15) is 4.89 Å². The molecule has 0 spiro atoms. The van der Waals surface area contributed by atoms with Gasteiger partial charge in [0.1, 0.15) is 11.9 Å². The average Bonchev–Trinajstić information content (AvgIpc) is 1.99. The van der Waals surface area contributed by atoms with Crippen molar-refractivity contribution in [2.24, 2.45) is 0 Å². The summed E-state index contributed by atoms with van der Waals surface area (Å²) >= 11 is 0. The Morgan fingerprint density at radius 1 is 1.50 bits per heavy atom. The Balaban J connectivity index is 3.70. The Hall–Kier alpha value is -0.830. The average molecular weight is 172 g/mol. The third kappa shape index (κ3) is 5.92. The van der Waals surface area contributed by atoms with Crippen LogP contribution in [0.5, 0.6) is 0 Å². The Labute approximate surface area is 73.3 Å². The predicted molar refractivity (Wildman–Crippen MR) is 46.4 cm³/mol. The number of carbonyl (C=O) groups excluding carboxylic acids is 1. The molecule has 0 radical (unpaired) electrons. The van der Waals surface area contributed by atoms with Gasteiger partial charge in [0.15, 0.2) is 5.78 Å². The van der Waals surface area contributed by atoms with Gasteiger partial charge in [0.25, 0.3) is 0 Å². The summed E-state index contributed by atoms with van der Waals surface area (Å²) in [6, 6.07) is 0. The summed E-state index contributed by atoms with van der Waals surface area (Å²) in [5.74, 6) is 0.447. The molecule has 0 bridgehead atoms. The Kier molecular flexibility index (Phi) is 5.37. The molecule has 0 saturated carbocycles. The van der Waals surface area contributed by atoms with Crippen LogP contribution in [0.4, 0.5) is 0 Å². The third-order valence-corrected chi connectivity index (χ3v) is 1.33. The minimum atomic E-state index is -0.0414. The SMILES string of the molecule is CCC(C)OO/C(C)=C/C(C)=O. The maximum absolute atomic E-state index is 10.6. The minimum absolute atomic E-state index is 0.0414. The highest BCUT2D eigenvalue weighted by Crippen LogP contribution is 2.02. The van der Waals surface area contributed by atoms with Crippen molar-refractivity contribution < 1.29 is 14.6 Å². The molecule has 3 nitrogen and oxygen atoms in total. The van der Waals surface area contributed by atoms with Gasteiger partial charge in [0, 0.05) is 6.08 Å². The summed E-state index contributed by atoms with van der Waals surface area (Å²) in [4.78, 5) is 20.3. The lowest BCUT2D eigenvalue weighted by molar-refractivity contribution is -0.290. The van der Waals surface area contributed by atoms with Crippen molar-refractivity contribution in [3.05, 3.63) is 11.8 Å². The van der Waals surface area contributed by atoms with E-state index in [9.17, 15) is 4.79 Å². The number of allylic oxidation sites excluding steroid dienone is 2. The van der Waals surface area contributed by atoms with Crippen molar-refractivity contribution in [2.75, 3.05) is 0 Å². The van der Waals surface area contributed by atoms with Crippen LogP contribution in [0.25, 0.3) is 0 Å².